The molecule has 0 amide bonds. The quantitative estimate of drug-likeness (QED) is 0.800. The molecule has 1 aliphatic rings. The summed E-state index contributed by atoms with van der Waals surface area (Å²) in [5.74, 6) is 0. The molecule has 1 aliphatic heterocycles. The van der Waals surface area contributed by atoms with Crippen molar-refractivity contribution >= 4 is 0 Å². The number of ether oxygens (including phenoxy) is 1. The lowest BCUT2D eigenvalue weighted by atomic mass is 10.1. The van der Waals surface area contributed by atoms with Crippen LogP contribution in [0.4, 0.5) is 0 Å². The Morgan fingerprint density at radius 3 is 2.29 bits per heavy atom. The molecule has 102 valence electrons. The van der Waals surface area contributed by atoms with Crippen LogP contribution in [0.2, 0.25) is 0 Å². The highest BCUT2D eigenvalue weighted by atomic mass is 16.5. The molecule has 0 aromatic carbocycles. The maximum Gasteiger partial charge on any atom is 0.0618 e. The Hall–Kier alpha value is -0.120. The zero-order chi connectivity index (χ0) is 12.7. The third-order valence-corrected chi connectivity index (χ3v) is 3.77. The number of nitrogens with one attached hydrogen (secondary N) is 1. The van der Waals surface area contributed by atoms with E-state index in [4.69, 9.17) is 4.74 Å². The molecule has 0 aromatic rings. The van der Waals surface area contributed by atoms with Gasteiger partial charge in [0.05, 0.1) is 6.61 Å². The molecule has 3 heteroatoms. The fourth-order valence-corrected chi connectivity index (χ4v) is 2.75. The van der Waals surface area contributed by atoms with Crippen molar-refractivity contribution in [1.82, 2.24) is 10.2 Å². The van der Waals surface area contributed by atoms with Crippen LogP contribution in [-0.4, -0.2) is 49.8 Å². The van der Waals surface area contributed by atoms with Crippen molar-refractivity contribution < 1.29 is 4.74 Å². The normalized spacial score (nSPS) is 29.6. The van der Waals surface area contributed by atoms with Gasteiger partial charge in [-0.1, -0.05) is 13.3 Å². The molecule has 1 fully saturated rings. The maximum atomic E-state index is 5.38. The van der Waals surface area contributed by atoms with Gasteiger partial charge in [-0.15, -0.1) is 0 Å². The van der Waals surface area contributed by atoms with Crippen molar-refractivity contribution in [2.75, 3.05) is 26.8 Å². The van der Waals surface area contributed by atoms with E-state index in [0.29, 0.717) is 18.1 Å². The first-order valence-corrected chi connectivity index (χ1v) is 7.16. The minimum absolute atomic E-state index is 0.613. The average molecular weight is 242 g/mol. The number of methoxy groups -OCH3 is 1. The second-order valence-corrected chi connectivity index (χ2v) is 5.48. The van der Waals surface area contributed by atoms with Crippen molar-refractivity contribution in [3.05, 3.63) is 0 Å². The van der Waals surface area contributed by atoms with Crippen molar-refractivity contribution in [1.29, 1.82) is 0 Å². The monoisotopic (exact) mass is 242 g/mol. The molecule has 1 N–H and O–H groups in total. The summed E-state index contributed by atoms with van der Waals surface area (Å²) in [5, 5.41) is 3.65. The van der Waals surface area contributed by atoms with Crippen LogP contribution in [0.25, 0.3) is 0 Å². The molecule has 0 bridgehead atoms. The lowest BCUT2D eigenvalue weighted by Crippen LogP contribution is -2.47. The maximum absolute atomic E-state index is 5.38. The molecular formula is C14H30N2O. The summed E-state index contributed by atoms with van der Waals surface area (Å²) in [7, 11) is 1.82. The number of nitrogens with zero attached hydrogens (tertiary/aromatic N) is 1. The van der Waals surface area contributed by atoms with Gasteiger partial charge in [0.25, 0.3) is 0 Å². The molecule has 0 saturated carbocycles. The molecule has 0 radical (unpaired) electrons. The number of rotatable bonds is 5. The highest BCUT2D eigenvalue weighted by Gasteiger charge is 2.21. The number of hydrogen-bond acceptors (Lipinski definition) is 3. The van der Waals surface area contributed by atoms with Crippen LogP contribution in [0.3, 0.4) is 0 Å². The molecule has 0 spiro atoms. The summed E-state index contributed by atoms with van der Waals surface area (Å²) in [5.41, 5.74) is 0. The zero-order valence-electron chi connectivity index (χ0n) is 12.0. The minimum Gasteiger partial charge on any atom is -0.383 e. The first-order chi connectivity index (χ1) is 8.17. The van der Waals surface area contributed by atoms with Crippen molar-refractivity contribution in [2.24, 2.45) is 0 Å². The molecule has 3 unspecified atom stereocenters. The first-order valence-electron chi connectivity index (χ1n) is 7.16. The van der Waals surface area contributed by atoms with E-state index in [1.807, 2.05) is 7.11 Å². The van der Waals surface area contributed by atoms with E-state index in [-0.39, 0.29) is 0 Å². The summed E-state index contributed by atoms with van der Waals surface area (Å²) < 4.78 is 5.38. The predicted molar refractivity (Wildman–Crippen MR) is 73.4 cm³/mol. The summed E-state index contributed by atoms with van der Waals surface area (Å²) in [6.45, 7) is 10.1. The van der Waals surface area contributed by atoms with E-state index in [2.05, 4.69) is 31.0 Å². The Morgan fingerprint density at radius 2 is 1.82 bits per heavy atom. The van der Waals surface area contributed by atoms with Gasteiger partial charge in [0.1, 0.15) is 0 Å². The SMILES string of the molecule is CCCC(COC)N1CCC(C)NC(C)CC1. The Balaban J connectivity index is 2.52. The van der Waals surface area contributed by atoms with Gasteiger partial charge in [-0.3, -0.25) is 4.90 Å². The number of hydrogen-bond donors (Lipinski definition) is 1. The smallest absolute Gasteiger partial charge is 0.0618 e. The van der Waals surface area contributed by atoms with Crippen LogP contribution >= 0.6 is 0 Å². The Bertz CT molecular complexity index is 181. The molecule has 17 heavy (non-hydrogen) atoms. The standard InChI is InChI=1S/C14H30N2O/c1-5-6-14(11-17-4)16-9-7-12(2)15-13(3)8-10-16/h12-15H,5-11H2,1-4H3. The Labute approximate surface area is 107 Å². The van der Waals surface area contributed by atoms with E-state index in [9.17, 15) is 0 Å². The van der Waals surface area contributed by atoms with E-state index in [0.717, 1.165) is 6.61 Å². The lowest BCUT2D eigenvalue weighted by Gasteiger charge is -2.36. The van der Waals surface area contributed by atoms with Crippen LogP contribution in [0.1, 0.15) is 46.5 Å². The van der Waals surface area contributed by atoms with Gasteiger partial charge in [-0.05, 0) is 46.2 Å². The van der Waals surface area contributed by atoms with Crippen molar-refractivity contribution in [3.63, 3.8) is 0 Å². The van der Waals surface area contributed by atoms with E-state index >= 15 is 0 Å². The summed E-state index contributed by atoms with van der Waals surface area (Å²) in [6, 6.07) is 1.89. The fraction of sp³-hybridized carbons (Fsp3) is 1.00. The molecule has 1 saturated heterocycles. The molecule has 0 aromatic heterocycles. The summed E-state index contributed by atoms with van der Waals surface area (Å²) >= 11 is 0. The van der Waals surface area contributed by atoms with Crippen LogP contribution < -0.4 is 5.32 Å². The Kier molecular flexibility index (Phi) is 7.09. The molecular weight excluding hydrogens is 212 g/mol. The highest BCUT2D eigenvalue weighted by molar-refractivity contribution is 4.79. The van der Waals surface area contributed by atoms with Crippen molar-refractivity contribution in [2.45, 2.75) is 64.6 Å². The van der Waals surface area contributed by atoms with E-state index in [1.165, 1.54) is 38.8 Å². The van der Waals surface area contributed by atoms with Gasteiger partial charge in [0.2, 0.25) is 0 Å². The predicted octanol–water partition coefficient (Wildman–Crippen LogP) is 2.26. The third-order valence-electron chi connectivity index (χ3n) is 3.77. The average Bonchev–Trinajstić information content (AvgIpc) is 2.27. The largest absolute Gasteiger partial charge is 0.383 e. The van der Waals surface area contributed by atoms with Gasteiger partial charge in [-0.2, -0.15) is 0 Å². The molecule has 3 atom stereocenters. The van der Waals surface area contributed by atoms with Gasteiger partial charge in [0, 0.05) is 25.2 Å². The summed E-state index contributed by atoms with van der Waals surface area (Å²) in [6.07, 6.45) is 4.99. The third kappa shape index (κ3) is 5.36. The highest BCUT2D eigenvalue weighted by Crippen LogP contribution is 2.13. The van der Waals surface area contributed by atoms with Crippen LogP contribution in [0, 0.1) is 0 Å². The zero-order valence-corrected chi connectivity index (χ0v) is 12.0. The topological polar surface area (TPSA) is 24.5 Å². The minimum atomic E-state index is 0.613. The fourth-order valence-electron chi connectivity index (χ4n) is 2.75. The van der Waals surface area contributed by atoms with Crippen LogP contribution in [0.15, 0.2) is 0 Å². The van der Waals surface area contributed by atoms with Gasteiger partial charge >= 0.3 is 0 Å². The van der Waals surface area contributed by atoms with E-state index in [1.54, 1.807) is 0 Å². The second kappa shape index (κ2) is 8.06. The lowest BCUT2D eigenvalue weighted by molar-refractivity contribution is 0.0738. The van der Waals surface area contributed by atoms with Gasteiger partial charge in [0.15, 0.2) is 0 Å². The van der Waals surface area contributed by atoms with Gasteiger partial charge in [-0.25, -0.2) is 0 Å². The first kappa shape index (κ1) is 14.9. The summed E-state index contributed by atoms with van der Waals surface area (Å²) in [4.78, 5) is 2.64. The van der Waals surface area contributed by atoms with Crippen LogP contribution in [-0.2, 0) is 4.74 Å². The van der Waals surface area contributed by atoms with Crippen LogP contribution in [0.5, 0.6) is 0 Å². The van der Waals surface area contributed by atoms with Crippen molar-refractivity contribution in [3.8, 4) is 0 Å². The molecule has 1 rings (SSSR count). The second-order valence-electron chi connectivity index (χ2n) is 5.48. The molecule has 3 nitrogen and oxygen atoms in total. The molecule has 0 aliphatic carbocycles. The van der Waals surface area contributed by atoms with Gasteiger partial charge < -0.3 is 10.1 Å². The Morgan fingerprint density at radius 1 is 1.24 bits per heavy atom. The molecule has 1 heterocycles. The van der Waals surface area contributed by atoms with E-state index < -0.39 is 0 Å².